The third-order valence-corrected chi connectivity index (χ3v) is 6.12. The van der Waals surface area contributed by atoms with Gasteiger partial charge in [-0.1, -0.05) is 56.3 Å². The second kappa shape index (κ2) is 13.2. The Morgan fingerprint density at radius 3 is 2.16 bits per heavy atom. The normalized spacial score (nSPS) is 13.7. The molecule has 2 aromatic rings. The lowest BCUT2D eigenvalue weighted by molar-refractivity contribution is -0.144. The Morgan fingerprint density at radius 2 is 1.65 bits per heavy atom. The van der Waals surface area contributed by atoms with E-state index in [-0.39, 0.29) is 11.9 Å². The van der Waals surface area contributed by atoms with Crippen LogP contribution in [-0.4, -0.2) is 52.2 Å². The van der Waals surface area contributed by atoms with Crippen molar-refractivity contribution in [3.8, 4) is 0 Å². The molecule has 0 aliphatic heterocycles. The van der Waals surface area contributed by atoms with Crippen LogP contribution in [0.5, 0.6) is 0 Å². The van der Waals surface area contributed by atoms with E-state index in [2.05, 4.69) is 10.6 Å². The fraction of sp³-hybridized carbons (Fsp3) is 0.483. The predicted octanol–water partition coefficient (Wildman–Crippen LogP) is 4.75. The Bertz CT molecular complexity index is 1060. The van der Waals surface area contributed by atoms with Crippen molar-refractivity contribution in [1.82, 2.24) is 10.2 Å². The molecule has 0 aromatic heterocycles. The molecule has 8 heteroatoms. The van der Waals surface area contributed by atoms with Crippen LogP contribution >= 0.6 is 0 Å². The molecule has 37 heavy (non-hydrogen) atoms. The Kier molecular flexibility index (Phi) is 10.7. The van der Waals surface area contributed by atoms with Gasteiger partial charge in [-0.15, -0.1) is 0 Å². The molecular formula is C29H41N3O5. The van der Waals surface area contributed by atoms with E-state index in [0.29, 0.717) is 17.7 Å². The third kappa shape index (κ3) is 8.32. The van der Waals surface area contributed by atoms with Crippen molar-refractivity contribution >= 4 is 23.6 Å². The van der Waals surface area contributed by atoms with Crippen LogP contribution in [-0.2, 0) is 20.7 Å². The van der Waals surface area contributed by atoms with Crippen LogP contribution in [0, 0.1) is 6.92 Å². The summed E-state index contributed by atoms with van der Waals surface area (Å²) in [6.07, 6.45) is 0.565. The van der Waals surface area contributed by atoms with Gasteiger partial charge in [0.15, 0.2) is 0 Å². The molecule has 2 rings (SSSR count). The summed E-state index contributed by atoms with van der Waals surface area (Å²) in [6.45, 7) is 12.2. The molecule has 3 atom stereocenters. The minimum Gasteiger partial charge on any atom is -0.444 e. The highest BCUT2D eigenvalue weighted by molar-refractivity contribution is 5.99. The summed E-state index contributed by atoms with van der Waals surface area (Å²) in [7, 11) is 0. The molecule has 202 valence electrons. The number of rotatable bonds is 10. The maximum Gasteiger partial charge on any atom is 0.408 e. The highest BCUT2D eigenvalue weighted by atomic mass is 16.6. The van der Waals surface area contributed by atoms with Crippen LogP contribution < -0.4 is 10.6 Å². The zero-order valence-electron chi connectivity index (χ0n) is 23.0. The fourth-order valence-electron chi connectivity index (χ4n) is 3.90. The van der Waals surface area contributed by atoms with E-state index < -0.39 is 36.3 Å². The molecule has 3 amide bonds. The molecule has 0 saturated heterocycles. The van der Waals surface area contributed by atoms with Crippen molar-refractivity contribution in [3.05, 3.63) is 65.2 Å². The van der Waals surface area contributed by atoms with Crippen LogP contribution in [0.15, 0.2) is 48.5 Å². The Hall–Kier alpha value is -3.39. The molecule has 0 aliphatic carbocycles. The quantitative estimate of drug-likeness (QED) is 0.427. The molecule has 3 N–H and O–H groups in total. The van der Waals surface area contributed by atoms with Gasteiger partial charge >= 0.3 is 6.09 Å². The first-order valence-electron chi connectivity index (χ1n) is 12.8. The number of hydrogen-bond donors (Lipinski definition) is 3. The third-order valence-electron chi connectivity index (χ3n) is 6.12. The second-order valence-electron chi connectivity index (χ2n) is 10.2. The Labute approximate surface area is 220 Å². The van der Waals surface area contributed by atoms with Crippen molar-refractivity contribution in [2.24, 2.45) is 0 Å². The first-order valence-corrected chi connectivity index (χ1v) is 12.8. The Balaban J connectivity index is 2.52. The van der Waals surface area contributed by atoms with Crippen LogP contribution in [0.25, 0.3) is 0 Å². The smallest absolute Gasteiger partial charge is 0.408 e. The maximum absolute atomic E-state index is 13.9. The number of nitrogens with one attached hydrogen (secondary N) is 2. The number of nitrogens with zero attached hydrogens (tertiary/aromatic N) is 1. The van der Waals surface area contributed by atoms with E-state index in [1.54, 1.807) is 26.8 Å². The highest BCUT2D eigenvalue weighted by Gasteiger charge is 2.38. The summed E-state index contributed by atoms with van der Waals surface area (Å²) in [5.74, 6) is -0.964. The molecule has 2 aromatic carbocycles. The molecule has 0 heterocycles. The second-order valence-corrected chi connectivity index (χ2v) is 10.2. The number of aliphatic hydroxyl groups excluding tert-OH is 1. The first kappa shape index (κ1) is 29.8. The van der Waals surface area contributed by atoms with Crippen molar-refractivity contribution in [1.29, 1.82) is 0 Å². The van der Waals surface area contributed by atoms with E-state index in [1.165, 1.54) is 4.90 Å². The summed E-state index contributed by atoms with van der Waals surface area (Å²) in [5, 5.41) is 15.5. The standard InChI is InChI=1S/C29H41N3O5/c1-8-20(4)32(27(35)24(18-33)31-28(36)37-29(5,6)7)25(22-16-14-21(9-2)15-17-22)26(34)30-23-13-11-10-12-19(23)3/h10-17,20,24-25,33H,8-9,18H2,1-7H3,(H,30,34)(H,31,36). The van der Waals surface area contributed by atoms with Crippen LogP contribution in [0.1, 0.15) is 70.7 Å². The lowest BCUT2D eigenvalue weighted by Gasteiger charge is -2.38. The average molecular weight is 512 g/mol. The van der Waals surface area contributed by atoms with Gasteiger partial charge in [0, 0.05) is 11.7 Å². The Morgan fingerprint density at radius 1 is 1.03 bits per heavy atom. The highest BCUT2D eigenvalue weighted by Crippen LogP contribution is 2.28. The van der Waals surface area contributed by atoms with E-state index >= 15 is 0 Å². The lowest BCUT2D eigenvalue weighted by Crippen LogP contribution is -2.56. The number of amides is 3. The number of anilines is 1. The number of hydrogen-bond acceptors (Lipinski definition) is 5. The summed E-state index contributed by atoms with van der Waals surface area (Å²) in [5.41, 5.74) is 2.48. The monoisotopic (exact) mass is 511 g/mol. The number of alkyl carbamates (subject to hydrolysis) is 1. The van der Waals surface area contributed by atoms with Crippen LogP contribution in [0.3, 0.4) is 0 Å². The molecule has 0 bridgehead atoms. The zero-order chi connectivity index (χ0) is 27.8. The summed E-state index contributed by atoms with van der Waals surface area (Å²) in [4.78, 5) is 41.6. The molecule has 0 saturated carbocycles. The topological polar surface area (TPSA) is 108 Å². The van der Waals surface area contributed by atoms with Crippen molar-refractivity contribution < 1.29 is 24.2 Å². The summed E-state index contributed by atoms with van der Waals surface area (Å²) in [6, 6.07) is 12.3. The zero-order valence-corrected chi connectivity index (χ0v) is 23.0. The van der Waals surface area contributed by atoms with Crippen LogP contribution in [0.4, 0.5) is 10.5 Å². The van der Waals surface area contributed by atoms with E-state index in [1.807, 2.05) is 70.2 Å². The van der Waals surface area contributed by atoms with Gasteiger partial charge in [0.2, 0.25) is 5.91 Å². The molecule has 0 aliphatic rings. The summed E-state index contributed by atoms with van der Waals surface area (Å²) >= 11 is 0. The molecule has 0 spiro atoms. The summed E-state index contributed by atoms with van der Waals surface area (Å²) < 4.78 is 5.29. The van der Waals surface area contributed by atoms with Crippen molar-refractivity contribution in [3.63, 3.8) is 0 Å². The molecule has 3 unspecified atom stereocenters. The fourth-order valence-corrected chi connectivity index (χ4v) is 3.90. The number of para-hydroxylation sites is 1. The minimum absolute atomic E-state index is 0.375. The van der Waals surface area contributed by atoms with E-state index in [9.17, 15) is 19.5 Å². The van der Waals surface area contributed by atoms with Crippen LogP contribution in [0.2, 0.25) is 0 Å². The predicted molar refractivity (Wildman–Crippen MR) is 145 cm³/mol. The average Bonchev–Trinajstić information content (AvgIpc) is 2.85. The maximum atomic E-state index is 13.9. The number of carbonyl (C=O) groups is 3. The van der Waals surface area contributed by atoms with Gasteiger partial charge in [-0.05, 0) is 70.2 Å². The molecule has 0 fully saturated rings. The van der Waals surface area contributed by atoms with Gasteiger partial charge in [-0.25, -0.2) is 4.79 Å². The molecule has 8 nitrogen and oxygen atoms in total. The molecular weight excluding hydrogens is 470 g/mol. The van der Waals surface area contributed by atoms with Gasteiger partial charge in [0.25, 0.3) is 5.91 Å². The van der Waals surface area contributed by atoms with Gasteiger partial charge in [0.1, 0.15) is 17.7 Å². The SMILES string of the molecule is CCc1ccc(C(C(=O)Nc2ccccc2C)N(C(=O)C(CO)NC(=O)OC(C)(C)C)C(C)CC)cc1. The minimum atomic E-state index is -1.28. The largest absolute Gasteiger partial charge is 0.444 e. The van der Waals surface area contributed by atoms with Gasteiger partial charge in [0.05, 0.1) is 6.61 Å². The van der Waals surface area contributed by atoms with Gasteiger partial charge in [-0.3, -0.25) is 9.59 Å². The number of ether oxygens (including phenoxy) is 1. The van der Waals surface area contributed by atoms with E-state index in [0.717, 1.165) is 17.5 Å². The number of aliphatic hydroxyl groups is 1. The first-order chi connectivity index (χ1) is 17.4. The van der Waals surface area contributed by atoms with Crippen molar-refractivity contribution in [2.45, 2.75) is 85.0 Å². The van der Waals surface area contributed by atoms with Gasteiger partial charge < -0.3 is 25.4 Å². The number of carbonyl (C=O) groups excluding carboxylic acids is 3. The van der Waals surface area contributed by atoms with Crippen molar-refractivity contribution in [2.75, 3.05) is 11.9 Å². The van der Waals surface area contributed by atoms with Gasteiger partial charge in [-0.2, -0.15) is 0 Å². The number of aryl methyl sites for hydroxylation is 2. The lowest BCUT2D eigenvalue weighted by atomic mass is 9.98. The molecule has 0 radical (unpaired) electrons. The number of benzene rings is 2. The van der Waals surface area contributed by atoms with E-state index in [4.69, 9.17) is 4.74 Å².